The standard InChI is InChI=1S/C57H96N4O22/c1-40(48(65)37-45(41(2)62)55(74)75)20-17-18-30-58-49(66)28-24-42(54(72)73)36-43(63)25-26-46(56(76)77)60-52(69)39-82-33-32-80-31-19-21-44(64)38-81-34-35-83-61-51(68)29-27-47(57(78)79)59-50(67)22-15-13-11-9-7-5-3-4-6-8-10-12-14-16-23-53(70)71/h40-42,45-47,62H,3-39H2,1-2H3,(H,58,66)(H,59,67)(H,60,69)(H,61,68)(H,70,71)(H,72,73)(H,74,75)(H,76,77)(H,78,79)/t40-,41+,42+,45-,46-,47-/m0/s1. The van der Waals surface area contributed by atoms with Crippen LogP contribution >= 0.6 is 0 Å². The molecule has 0 saturated heterocycles. The first-order chi connectivity index (χ1) is 39.5. The van der Waals surface area contributed by atoms with Crippen LogP contribution in [0.1, 0.15) is 200 Å². The Morgan fingerprint density at radius 2 is 0.928 bits per heavy atom. The molecule has 83 heavy (non-hydrogen) atoms. The van der Waals surface area contributed by atoms with Crippen LogP contribution in [-0.4, -0.2) is 172 Å². The van der Waals surface area contributed by atoms with Gasteiger partial charge in [-0.1, -0.05) is 90.4 Å². The van der Waals surface area contributed by atoms with Gasteiger partial charge in [0, 0.05) is 70.4 Å². The number of hydroxylamine groups is 1. The molecule has 0 bridgehead atoms. The van der Waals surface area contributed by atoms with E-state index < -0.39 is 108 Å². The Morgan fingerprint density at radius 1 is 0.410 bits per heavy atom. The minimum Gasteiger partial charge on any atom is -0.481 e. The molecule has 0 aromatic rings. The van der Waals surface area contributed by atoms with Crippen LogP contribution in [-0.2, 0) is 76.6 Å². The molecular formula is C57H96N4O22. The van der Waals surface area contributed by atoms with Gasteiger partial charge in [-0.2, -0.15) is 0 Å². The molecule has 0 aromatic heterocycles. The topological polar surface area (TPSA) is 411 Å². The highest BCUT2D eigenvalue weighted by Crippen LogP contribution is 2.19. The number of nitrogens with one attached hydrogen (secondary N) is 4. The largest absolute Gasteiger partial charge is 0.481 e. The minimum absolute atomic E-state index is 0.0300. The maximum Gasteiger partial charge on any atom is 0.326 e. The van der Waals surface area contributed by atoms with Crippen molar-refractivity contribution >= 4 is 70.8 Å². The Hall–Kier alpha value is -5.96. The number of hydrogen-bond donors (Lipinski definition) is 10. The second-order valence-corrected chi connectivity index (χ2v) is 21.0. The number of rotatable bonds is 58. The number of ketones is 3. The summed E-state index contributed by atoms with van der Waals surface area (Å²) >= 11 is 0. The van der Waals surface area contributed by atoms with Crippen LogP contribution in [0, 0.1) is 17.8 Å². The summed E-state index contributed by atoms with van der Waals surface area (Å²) in [6.07, 6.45) is 13.6. The number of hydrogen-bond acceptors (Lipinski definition) is 17. The second-order valence-electron chi connectivity index (χ2n) is 21.0. The smallest absolute Gasteiger partial charge is 0.326 e. The van der Waals surface area contributed by atoms with Crippen molar-refractivity contribution in [2.75, 3.05) is 52.8 Å². The van der Waals surface area contributed by atoms with Gasteiger partial charge in [-0.15, -0.1) is 0 Å². The van der Waals surface area contributed by atoms with Gasteiger partial charge in [0.05, 0.1) is 44.4 Å². The van der Waals surface area contributed by atoms with E-state index >= 15 is 0 Å². The van der Waals surface area contributed by atoms with Gasteiger partial charge >= 0.3 is 29.8 Å². The third kappa shape index (κ3) is 45.2. The second kappa shape index (κ2) is 49.5. The molecule has 26 nitrogen and oxygen atoms in total. The molecule has 0 aliphatic carbocycles. The third-order valence-corrected chi connectivity index (χ3v) is 13.6. The number of aliphatic hydroxyl groups excluding tert-OH is 1. The average Bonchev–Trinajstić information content (AvgIpc) is 3.43. The van der Waals surface area contributed by atoms with E-state index in [1.165, 1.54) is 39.0 Å². The normalized spacial score (nSPS) is 13.3. The number of aliphatic carboxylic acids is 5. The van der Waals surface area contributed by atoms with Crippen LogP contribution in [0.5, 0.6) is 0 Å². The molecule has 0 aliphatic rings. The molecule has 0 heterocycles. The average molecular weight is 1190 g/mol. The molecular weight excluding hydrogens is 1090 g/mol. The summed E-state index contributed by atoms with van der Waals surface area (Å²) in [5.41, 5.74) is 2.18. The Labute approximate surface area is 486 Å². The number of Topliss-reactive ketones (excluding diaryl/α,β-unsaturated/α-hetero) is 3. The first-order valence-electron chi connectivity index (χ1n) is 29.4. The molecule has 10 N–H and O–H groups in total. The van der Waals surface area contributed by atoms with Crippen LogP contribution in [0.15, 0.2) is 0 Å². The summed E-state index contributed by atoms with van der Waals surface area (Å²) in [4.78, 5) is 149. The lowest BCUT2D eigenvalue weighted by atomic mass is 9.89. The van der Waals surface area contributed by atoms with Crippen molar-refractivity contribution in [2.24, 2.45) is 17.8 Å². The lowest BCUT2D eigenvalue weighted by Crippen LogP contribution is -2.42. The van der Waals surface area contributed by atoms with E-state index in [9.17, 15) is 83.1 Å². The zero-order valence-electron chi connectivity index (χ0n) is 48.8. The predicted octanol–water partition coefficient (Wildman–Crippen LogP) is 4.86. The van der Waals surface area contributed by atoms with Crippen molar-refractivity contribution in [2.45, 2.75) is 218 Å². The van der Waals surface area contributed by atoms with Gasteiger partial charge in [0.25, 0.3) is 0 Å². The summed E-state index contributed by atoms with van der Waals surface area (Å²) in [5.74, 6) is -12.2. The molecule has 0 spiro atoms. The fourth-order valence-corrected chi connectivity index (χ4v) is 8.51. The van der Waals surface area contributed by atoms with Gasteiger partial charge in [0.1, 0.15) is 36.9 Å². The zero-order valence-corrected chi connectivity index (χ0v) is 48.8. The van der Waals surface area contributed by atoms with Crippen molar-refractivity contribution in [1.29, 1.82) is 0 Å². The monoisotopic (exact) mass is 1190 g/mol. The summed E-state index contributed by atoms with van der Waals surface area (Å²) in [7, 11) is 0. The lowest BCUT2D eigenvalue weighted by molar-refractivity contribution is -0.148. The van der Waals surface area contributed by atoms with Crippen LogP contribution < -0.4 is 21.4 Å². The summed E-state index contributed by atoms with van der Waals surface area (Å²) in [5, 5.41) is 63.6. The molecule has 476 valence electrons. The first kappa shape index (κ1) is 77.0. The number of ether oxygens (including phenoxy) is 3. The van der Waals surface area contributed by atoms with Gasteiger partial charge in [-0.3, -0.25) is 52.8 Å². The number of unbranched alkanes of at least 4 members (excludes halogenated alkanes) is 14. The van der Waals surface area contributed by atoms with E-state index in [-0.39, 0.29) is 122 Å². The molecule has 26 heteroatoms. The zero-order chi connectivity index (χ0) is 62.2. The summed E-state index contributed by atoms with van der Waals surface area (Å²) in [6, 6.07) is -2.71. The fourth-order valence-electron chi connectivity index (χ4n) is 8.51. The van der Waals surface area contributed by atoms with Crippen molar-refractivity contribution < 1.29 is 107 Å². The molecule has 0 radical (unpaired) electrons. The Morgan fingerprint density at radius 3 is 1.48 bits per heavy atom. The lowest BCUT2D eigenvalue weighted by Gasteiger charge is -2.17. The highest BCUT2D eigenvalue weighted by atomic mass is 16.7. The number of carbonyl (C=O) groups is 12. The molecule has 0 unspecified atom stereocenters. The van der Waals surface area contributed by atoms with Crippen LogP contribution in [0.3, 0.4) is 0 Å². The minimum atomic E-state index is -1.47. The Bertz CT molecular complexity index is 1950. The summed E-state index contributed by atoms with van der Waals surface area (Å²) in [6.45, 7) is 2.52. The predicted molar refractivity (Wildman–Crippen MR) is 298 cm³/mol. The number of amides is 4. The van der Waals surface area contributed by atoms with E-state index in [1.54, 1.807) is 6.92 Å². The van der Waals surface area contributed by atoms with Crippen molar-refractivity contribution in [1.82, 2.24) is 21.4 Å². The van der Waals surface area contributed by atoms with E-state index in [4.69, 9.17) is 24.2 Å². The summed E-state index contributed by atoms with van der Waals surface area (Å²) < 4.78 is 15.9. The van der Waals surface area contributed by atoms with E-state index in [0.29, 0.717) is 32.1 Å². The van der Waals surface area contributed by atoms with Crippen LogP contribution in [0.25, 0.3) is 0 Å². The molecule has 0 aromatic carbocycles. The van der Waals surface area contributed by atoms with Crippen molar-refractivity contribution in [3.8, 4) is 0 Å². The molecule has 0 aliphatic heterocycles. The maximum atomic E-state index is 12.6. The van der Waals surface area contributed by atoms with Gasteiger partial charge in [-0.05, 0) is 58.3 Å². The van der Waals surface area contributed by atoms with Gasteiger partial charge in [0.15, 0.2) is 5.78 Å². The van der Waals surface area contributed by atoms with Gasteiger partial charge < -0.3 is 60.8 Å². The highest BCUT2D eigenvalue weighted by molar-refractivity contribution is 5.88. The molecule has 0 fully saturated rings. The van der Waals surface area contributed by atoms with Crippen molar-refractivity contribution in [3.05, 3.63) is 0 Å². The highest BCUT2D eigenvalue weighted by Gasteiger charge is 2.29. The third-order valence-electron chi connectivity index (χ3n) is 13.6. The molecule has 0 saturated carbocycles. The van der Waals surface area contributed by atoms with Crippen molar-refractivity contribution in [3.63, 3.8) is 0 Å². The number of aliphatic hydroxyl groups is 1. The molecule has 0 rings (SSSR count). The van der Waals surface area contributed by atoms with Crippen LogP contribution in [0.2, 0.25) is 0 Å². The number of carboxylic acid groups (broad SMARTS) is 5. The van der Waals surface area contributed by atoms with E-state index in [2.05, 4.69) is 21.4 Å². The first-order valence-corrected chi connectivity index (χ1v) is 29.4. The fraction of sp³-hybridized carbons (Fsp3) is 0.789. The van der Waals surface area contributed by atoms with Crippen LogP contribution in [0.4, 0.5) is 0 Å². The SMILES string of the molecule is C[C@@H](CCCCNC(=O)CC[C@H](CC(=O)CC[C@H](NC(=O)COCCOCCCC(=O)COCCONC(=O)CC[C@H](NC(=O)CCCCCCCCCCCCCCCCC(=O)O)C(=O)O)C(=O)O)C(=O)O)C(=O)C[C@H](C(=O)O)[C@@H](C)O. The van der Waals surface area contributed by atoms with E-state index in [0.717, 1.165) is 51.4 Å². The Balaban J connectivity index is 4.08. The van der Waals surface area contributed by atoms with E-state index in [1.807, 2.05) is 0 Å². The Kier molecular flexibility index (Phi) is 45.9. The maximum absolute atomic E-state index is 12.6. The quantitative estimate of drug-likeness (QED) is 0.0287. The number of carbonyl (C=O) groups excluding carboxylic acids is 7. The molecule has 6 atom stereocenters. The molecule has 4 amide bonds. The van der Waals surface area contributed by atoms with Gasteiger partial charge in [0.2, 0.25) is 23.6 Å². The van der Waals surface area contributed by atoms with Gasteiger partial charge in [-0.25, -0.2) is 15.1 Å². The number of carboxylic acids is 5.